The fourth-order valence-corrected chi connectivity index (χ4v) is 6.59. The summed E-state index contributed by atoms with van der Waals surface area (Å²) in [5, 5.41) is 20.1. The third-order valence-electron chi connectivity index (χ3n) is 7.02. The molecule has 44 heavy (non-hydrogen) atoms. The van der Waals surface area contributed by atoms with Crippen LogP contribution in [0.2, 0.25) is 0 Å². The van der Waals surface area contributed by atoms with Gasteiger partial charge in [0.15, 0.2) is 15.8 Å². The van der Waals surface area contributed by atoms with Gasteiger partial charge in [0.1, 0.15) is 11.6 Å². The molecule has 1 fully saturated rings. The molecule has 0 spiro atoms. The second-order valence-electron chi connectivity index (χ2n) is 10.1. The number of hydrogen-bond acceptors (Lipinski definition) is 9. The van der Waals surface area contributed by atoms with Crippen molar-refractivity contribution in [1.82, 2.24) is 10.2 Å². The van der Waals surface area contributed by atoms with E-state index in [1.807, 2.05) is 26.0 Å². The van der Waals surface area contributed by atoms with Crippen molar-refractivity contribution in [3.8, 4) is 11.5 Å². The van der Waals surface area contributed by atoms with Crippen molar-refractivity contribution in [2.45, 2.75) is 49.7 Å². The van der Waals surface area contributed by atoms with Gasteiger partial charge in [-0.3, -0.25) is 14.5 Å². The largest absolute Gasteiger partial charge is 0.507 e. The second-order valence-corrected chi connectivity index (χ2v) is 12.3. The molecule has 5 rings (SSSR count). The van der Waals surface area contributed by atoms with E-state index < -0.39 is 17.7 Å². The lowest BCUT2D eigenvalue weighted by molar-refractivity contribution is -0.132. The highest BCUT2D eigenvalue weighted by Crippen LogP contribution is 2.45. The summed E-state index contributed by atoms with van der Waals surface area (Å²) in [4.78, 5) is 28.5. The van der Waals surface area contributed by atoms with Crippen LogP contribution in [-0.2, 0) is 15.3 Å². The highest BCUT2D eigenvalue weighted by Gasteiger charge is 2.48. The molecule has 8 nitrogen and oxygen atoms in total. The van der Waals surface area contributed by atoms with E-state index in [1.165, 1.54) is 22.7 Å². The number of nitrogens with zero attached hydrogens (tertiary/aromatic N) is 3. The first-order chi connectivity index (χ1) is 21.3. The number of rotatable bonds is 12. The fourth-order valence-electron chi connectivity index (χ4n) is 4.73. The van der Waals surface area contributed by atoms with Gasteiger partial charge in [0.2, 0.25) is 5.13 Å². The zero-order valence-corrected chi connectivity index (χ0v) is 26.2. The van der Waals surface area contributed by atoms with Crippen molar-refractivity contribution >= 4 is 45.7 Å². The lowest BCUT2D eigenvalue weighted by atomic mass is 9.95. The molecule has 3 aromatic carbocycles. The third kappa shape index (κ3) is 6.63. The van der Waals surface area contributed by atoms with Gasteiger partial charge in [0.25, 0.3) is 5.78 Å². The molecule has 0 aliphatic carbocycles. The first-order valence-electron chi connectivity index (χ1n) is 14.3. The molecule has 1 atom stereocenters. The number of thioether (sulfide) groups is 1. The summed E-state index contributed by atoms with van der Waals surface area (Å²) in [6.45, 7) is 6.73. The summed E-state index contributed by atoms with van der Waals surface area (Å²) in [6, 6.07) is 17.7. The summed E-state index contributed by atoms with van der Waals surface area (Å²) >= 11 is 2.39. The zero-order chi connectivity index (χ0) is 31.2. The minimum atomic E-state index is -1.02. The van der Waals surface area contributed by atoms with E-state index in [1.54, 1.807) is 48.5 Å². The van der Waals surface area contributed by atoms with Gasteiger partial charge in [-0.1, -0.05) is 90.5 Å². The van der Waals surface area contributed by atoms with E-state index in [0.29, 0.717) is 51.5 Å². The maximum atomic E-state index is 14.2. The van der Waals surface area contributed by atoms with Crippen LogP contribution >= 0.6 is 23.1 Å². The first-order valence-corrected chi connectivity index (χ1v) is 16.1. The number of aromatic nitrogens is 2. The van der Waals surface area contributed by atoms with Crippen LogP contribution in [0.4, 0.5) is 9.52 Å². The highest BCUT2D eigenvalue weighted by molar-refractivity contribution is 8.00. The number of benzene rings is 3. The molecule has 11 heteroatoms. The molecule has 1 aliphatic heterocycles. The summed E-state index contributed by atoms with van der Waals surface area (Å²) in [7, 11) is 0. The quantitative estimate of drug-likeness (QED) is 0.0428. The average Bonchev–Trinajstić information content (AvgIpc) is 3.59. The Morgan fingerprint density at radius 3 is 2.52 bits per heavy atom. The smallest absolute Gasteiger partial charge is 0.301 e. The maximum absolute atomic E-state index is 14.2. The van der Waals surface area contributed by atoms with E-state index in [9.17, 15) is 19.1 Å². The Bertz CT molecular complexity index is 1690. The summed E-state index contributed by atoms with van der Waals surface area (Å²) in [5.74, 6) is -0.984. The number of amides is 1. The van der Waals surface area contributed by atoms with Crippen molar-refractivity contribution < 1.29 is 28.6 Å². The first kappa shape index (κ1) is 31.2. The van der Waals surface area contributed by atoms with Gasteiger partial charge >= 0.3 is 5.91 Å². The number of unbranched alkanes of at least 4 members (excludes halogenated alkanes) is 1. The Morgan fingerprint density at radius 2 is 1.80 bits per heavy atom. The molecule has 1 unspecified atom stereocenters. The van der Waals surface area contributed by atoms with Gasteiger partial charge in [-0.15, -0.1) is 10.2 Å². The van der Waals surface area contributed by atoms with Gasteiger partial charge in [-0.25, -0.2) is 4.39 Å². The molecular weight excluding hydrogens is 602 g/mol. The van der Waals surface area contributed by atoms with Crippen molar-refractivity contribution in [1.29, 1.82) is 0 Å². The molecule has 1 aliphatic rings. The van der Waals surface area contributed by atoms with Crippen molar-refractivity contribution in [2.75, 3.05) is 18.1 Å². The molecule has 1 amide bonds. The van der Waals surface area contributed by atoms with Crippen LogP contribution in [0.15, 0.2) is 76.6 Å². The van der Waals surface area contributed by atoms with Crippen LogP contribution in [0.3, 0.4) is 0 Å². The minimum Gasteiger partial charge on any atom is -0.507 e. The van der Waals surface area contributed by atoms with Gasteiger partial charge < -0.3 is 14.6 Å². The van der Waals surface area contributed by atoms with E-state index in [-0.39, 0.29) is 22.3 Å². The number of ether oxygens (including phenoxy) is 2. The molecule has 1 N–H and O–H groups in total. The number of halogens is 1. The number of anilines is 1. The topological polar surface area (TPSA) is 102 Å². The van der Waals surface area contributed by atoms with Crippen LogP contribution in [0.25, 0.3) is 5.76 Å². The molecule has 4 aromatic rings. The number of ketones is 1. The van der Waals surface area contributed by atoms with E-state index >= 15 is 0 Å². The van der Waals surface area contributed by atoms with Crippen LogP contribution in [0, 0.1) is 12.7 Å². The Balaban J connectivity index is 1.57. The third-order valence-corrected chi connectivity index (χ3v) is 9.12. The number of carbonyl (C=O) groups excluding carboxylic acids is 2. The van der Waals surface area contributed by atoms with Crippen molar-refractivity contribution in [3.63, 3.8) is 0 Å². The van der Waals surface area contributed by atoms with Gasteiger partial charge in [0.05, 0.1) is 24.8 Å². The van der Waals surface area contributed by atoms with Gasteiger partial charge in [-0.05, 0) is 49.6 Å². The maximum Gasteiger partial charge on any atom is 0.301 e. The Morgan fingerprint density at radius 1 is 1.02 bits per heavy atom. The number of aliphatic hydroxyl groups is 1. The normalized spacial score (nSPS) is 16.0. The van der Waals surface area contributed by atoms with Crippen LogP contribution < -0.4 is 14.4 Å². The molecule has 1 saturated heterocycles. The number of hydrogen-bond donors (Lipinski definition) is 1. The minimum absolute atomic E-state index is 0.0725. The van der Waals surface area contributed by atoms with Crippen LogP contribution in [0.1, 0.15) is 55.0 Å². The Kier molecular flexibility index (Phi) is 9.96. The predicted molar refractivity (Wildman–Crippen MR) is 170 cm³/mol. The molecule has 0 saturated carbocycles. The standard InChI is InChI=1S/C33H32FN3O5S2/c1-4-6-17-42-25-16-15-22(18-26(25)41-5-2)28-27(29(38)21-13-11-20(3)12-14-21)30(39)31(40)37(28)32-35-36-33(44-32)43-19-23-9-7-8-10-24(23)34/h7-16,18,28,38H,4-6,17,19H2,1-3H3. The summed E-state index contributed by atoms with van der Waals surface area (Å²) < 4.78 is 26.5. The number of aliphatic hydroxyl groups excluding tert-OH is 1. The van der Waals surface area contributed by atoms with Crippen molar-refractivity contribution in [2.24, 2.45) is 0 Å². The lowest BCUT2D eigenvalue weighted by Gasteiger charge is -2.23. The highest BCUT2D eigenvalue weighted by atomic mass is 32.2. The summed E-state index contributed by atoms with van der Waals surface area (Å²) in [5.41, 5.74) is 2.35. The monoisotopic (exact) mass is 633 g/mol. The molecular formula is C33H32FN3O5S2. The van der Waals surface area contributed by atoms with Crippen LogP contribution in [0.5, 0.6) is 11.5 Å². The molecule has 0 radical (unpaired) electrons. The Hall–Kier alpha value is -4.22. The van der Waals surface area contributed by atoms with E-state index in [0.717, 1.165) is 29.7 Å². The summed E-state index contributed by atoms with van der Waals surface area (Å²) in [6.07, 6.45) is 1.84. The fraction of sp³-hybridized carbons (Fsp3) is 0.273. The van der Waals surface area contributed by atoms with Crippen LogP contribution in [-0.4, -0.2) is 40.2 Å². The Labute approximate surface area is 263 Å². The number of carbonyl (C=O) groups is 2. The molecule has 1 aromatic heterocycles. The molecule has 2 heterocycles. The average molecular weight is 634 g/mol. The number of Topliss-reactive ketones (excluding diaryl/α,β-unsaturated/α-hetero) is 1. The zero-order valence-electron chi connectivity index (χ0n) is 24.6. The molecule has 228 valence electrons. The number of aryl methyl sites for hydroxylation is 1. The van der Waals surface area contributed by atoms with Crippen molar-refractivity contribution in [3.05, 3.63) is 100 Å². The lowest BCUT2D eigenvalue weighted by Crippen LogP contribution is -2.29. The predicted octanol–water partition coefficient (Wildman–Crippen LogP) is 7.48. The van der Waals surface area contributed by atoms with E-state index in [4.69, 9.17) is 9.47 Å². The second kappa shape index (κ2) is 14.0. The van der Waals surface area contributed by atoms with Gasteiger partial charge in [-0.2, -0.15) is 0 Å². The van der Waals surface area contributed by atoms with E-state index in [2.05, 4.69) is 17.1 Å². The SMILES string of the molecule is CCCCOc1ccc(C2C(=C(O)c3ccc(C)cc3)C(=O)C(=O)N2c2nnc(SCc3ccccc3F)s2)cc1OCC. The van der Waals surface area contributed by atoms with Gasteiger partial charge in [0, 0.05) is 11.3 Å². The molecule has 0 bridgehead atoms.